The number of aromatic hydroxyl groups is 1. The van der Waals surface area contributed by atoms with E-state index in [4.69, 9.17) is 4.74 Å². The summed E-state index contributed by atoms with van der Waals surface area (Å²) in [6.45, 7) is 1.01. The van der Waals surface area contributed by atoms with Gasteiger partial charge in [-0.2, -0.15) is 0 Å². The Bertz CT molecular complexity index is 911. The van der Waals surface area contributed by atoms with Crippen molar-refractivity contribution in [3.63, 3.8) is 0 Å². The second kappa shape index (κ2) is 8.43. The van der Waals surface area contributed by atoms with Crippen molar-refractivity contribution in [1.29, 1.82) is 0 Å². The average molecular weight is 373 g/mol. The summed E-state index contributed by atoms with van der Waals surface area (Å²) in [4.78, 5) is 45.4. The number of carbonyl (C=O) groups excluding carboxylic acids is 3. The number of phenolic OH excluding ortho intramolecular Hbond substituents is 1. The molecule has 0 unspecified atom stereocenters. The standard InChI is InChI=1S/C17H15N3O7/c1-10-5-6-14(21)13(7-10)17(24)27-9-15(22)18-19-16(23)11-3-2-4-12(8-11)20(25)26/h2-8,21H,9H2,1H3,(H,18,22)(H,19,23). The lowest BCUT2D eigenvalue weighted by Gasteiger charge is -2.09. The van der Waals surface area contributed by atoms with Crippen LogP contribution in [0.5, 0.6) is 5.75 Å². The topological polar surface area (TPSA) is 148 Å². The number of hydrogen-bond donors (Lipinski definition) is 3. The van der Waals surface area contributed by atoms with Crippen LogP contribution >= 0.6 is 0 Å². The zero-order chi connectivity index (χ0) is 20.0. The number of nitro benzene ring substituents is 1. The number of nitrogens with one attached hydrogen (secondary N) is 2. The maximum atomic E-state index is 11.9. The molecule has 0 fully saturated rings. The van der Waals surface area contributed by atoms with Crippen LogP contribution < -0.4 is 10.9 Å². The van der Waals surface area contributed by atoms with Gasteiger partial charge in [0.2, 0.25) is 0 Å². The van der Waals surface area contributed by atoms with Gasteiger partial charge in [-0.25, -0.2) is 4.79 Å². The number of esters is 1. The van der Waals surface area contributed by atoms with E-state index >= 15 is 0 Å². The molecule has 0 radical (unpaired) electrons. The monoisotopic (exact) mass is 373 g/mol. The van der Waals surface area contributed by atoms with E-state index in [9.17, 15) is 29.6 Å². The molecule has 0 saturated carbocycles. The van der Waals surface area contributed by atoms with Crippen LogP contribution in [0.4, 0.5) is 5.69 Å². The van der Waals surface area contributed by atoms with Gasteiger partial charge in [0.15, 0.2) is 6.61 Å². The van der Waals surface area contributed by atoms with Gasteiger partial charge < -0.3 is 9.84 Å². The number of hydrazine groups is 1. The molecule has 2 amide bonds. The predicted octanol–water partition coefficient (Wildman–Crippen LogP) is 1.23. The third kappa shape index (κ3) is 5.26. The van der Waals surface area contributed by atoms with Crippen LogP contribution in [-0.2, 0) is 9.53 Å². The summed E-state index contributed by atoms with van der Waals surface area (Å²) in [7, 11) is 0. The predicted molar refractivity (Wildman–Crippen MR) is 91.8 cm³/mol. The summed E-state index contributed by atoms with van der Waals surface area (Å²) in [6.07, 6.45) is 0. The van der Waals surface area contributed by atoms with Crippen molar-refractivity contribution in [2.45, 2.75) is 6.92 Å². The zero-order valence-electron chi connectivity index (χ0n) is 14.1. The maximum Gasteiger partial charge on any atom is 0.342 e. The van der Waals surface area contributed by atoms with E-state index in [-0.39, 0.29) is 22.6 Å². The number of benzene rings is 2. The highest BCUT2D eigenvalue weighted by molar-refractivity contribution is 5.97. The van der Waals surface area contributed by atoms with Crippen LogP contribution in [0.15, 0.2) is 42.5 Å². The molecule has 0 aliphatic rings. The summed E-state index contributed by atoms with van der Waals surface area (Å²) < 4.78 is 4.76. The highest BCUT2D eigenvalue weighted by Gasteiger charge is 2.16. The molecule has 10 heteroatoms. The van der Waals surface area contributed by atoms with E-state index in [1.54, 1.807) is 13.0 Å². The van der Waals surface area contributed by atoms with Crippen molar-refractivity contribution < 1.29 is 29.2 Å². The van der Waals surface area contributed by atoms with Crippen molar-refractivity contribution in [2.75, 3.05) is 6.61 Å². The summed E-state index contributed by atoms with van der Waals surface area (Å²) in [5.74, 6) is -2.81. The van der Waals surface area contributed by atoms with Crippen LogP contribution in [0.2, 0.25) is 0 Å². The number of ether oxygens (including phenoxy) is 1. The van der Waals surface area contributed by atoms with Crippen LogP contribution in [0.1, 0.15) is 26.3 Å². The highest BCUT2D eigenvalue weighted by atomic mass is 16.6. The van der Waals surface area contributed by atoms with Crippen LogP contribution in [0, 0.1) is 17.0 Å². The largest absolute Gasteiger partial charge is 0.507 e. The fourth-order valence-electron chi connectivity index (χ4n) is 2.02. The van der Waals surface area contributed by atoms with E-state index in [2.05, 4.69) is 0 Å². The van der Waals surface area contributed by atoms with E-state index < -0.39 is 29.3 Å². The van der Waals surface area contributed by atoms with E-state index in [0.717, 1.165) is 6.07 Å². The van der Waals surface area contributed by atoms with Crippen LogP contribution in [0.25, 0.3) is 0 Å². The lowest BCUT2D eigenvalue weighted by Crippen LogP contribution is -2.43. The first-order valence-corrected chi connectivity index (χ1v) is 7.58. The van der Waals surface area contributed by atoms with E-state index in [1.165, 1.54) is 30.3 Å². The van der Waals surface area contributed by atoms with Crippen molar-refractivity contribution in [2.24, 2.45) is 0 Å². The van der Waals surface area contributed by atoms with Crippen LogP contribution in [-0.4, -0.2) is 34.4 Å². The van der Waals surface area contributed by atoms with Crippen molar-refractivity contribution in [1.82, 2.24) is 10.9 Å². The molecule has 10 nitrogen and oxygen atoms in total. The lowest BCUT2D eigenvalue weighted by atomic mass is 10.1. The third-order valence-electron chi connectivity index (χ3n) is 3.34. The number of phenols is 1. The fraction of sp³-hybridized carbons (Fsp3) is 0.118. The molecular weight excluding hydrogens is 358 g/mol. The number of amides is 2. The number of carbonyl (C=O) groups is 3. The first-order chi connectivity index (χ1) is 12.8. The van der Waals surface area contributed by atoms with Gasteiger partial charge in [-0.15, -0.1) is 0 Å². The first-order valence-electron chi connectivity index (χ1n) is 7.58. The number of nitrogens with zero attached hydrogens (tertiary/aromatic N) is 1. The van der Waals surface area contributed by atoms with Gasteiger partial charge in [0, 0.05) is 17.7 Å². The lowest BCUT2D eigenvalue weighted by molar-refractivity contribution is -0.384. The molecule has 2 aromatic rings. The van der Waals surface area contributed by atoms with Gasteiger partial charge in [0.1, 0.15) is 11.3 Å². The minimum Gasteiger partial charge on any atom is -0.507 e. The molecule has 0 atom stereocenters. The second-order valence-electron chi connectivity index (χ2n) is 5.41. The van der Waals surface area contributed by atoms with Crippen LogP contribution in [0.3, 0.4) is 0 Å². The highest BCUT2D eigenvalue weighted by Crippen LogP contribution is 2.19. The first kappa shape index (κ1) is 19.4. The molecule has 0 spiro atoms. The Kier molecular flexibility index (Phi) is 6.05. The Labute approximate surface area is 152 Å². The summed E-state index contributed by atoms with van der Waals surface area (Å²) in [6, 6.07) is 9.24. The maximum absolute atomic E-state index is 11.9. The zero-order valence-corrected chi connectivity index (χ0v) is 14.1. The Morgan fingerprint density at radius 3 is 2.59 bits per heavy atom. The van der Waals surface area contributed by atoms with Crippen molar-refractivity contribution >= 4 is 23.5 Å². The molecule has 0 aliphatic heterocycles. The molecule has 2 rings (SSSR count). The summed E-state index contributed by atoms with van der Waals surface area (Å²) in [5.41, 5.74) is 4.37. The molecule has 3 N–H and O–H groups in total. The number of nitro groups is 1. The molecule has 27 heavy (non-hydrogen) atoms. The van der Waals surface area contributed by atoms with Gasteiger partial charge >= 0.3 is 5.97 Å². The number of aryl methyl sites for hydroxylation is 1. The minimum absolute atomic E-state index is 0.0359. The fourth-order valence-corrected chi connectivity index (χ4v) is 2.02. The van der Waals surface area contributed by atoms with Gasteiger partial charge in [-0.1, -0.05) is 17.7 Å². The molecule has 140 valence electrons. The normalized spacial score (nSPS) is 9.96. The Morgan fingerprint density at radius 1 is 1.15 bits per heavy atom. The number of hydrogen-bond acceptors (Lipinski definition) is 7. The molecular formula is C17H15N3O7. The van der Waals surface area contributed by atoms with Gasteiger partial charge in [0.05, 0.1) is 4.92 Å². The second-order valence-corrected chi connectivity index (χ2v) is 5.41. The van der Waals surface area contributed by atoms with Crippen molar-refractivity contribution in [3.05, 3.63) is 69.3 Å². The Hall–Kier alpha value is -3.95. The smallest absolute Gasteiger partial charge is 0.342 e. The minimum atomic E-state index is -0.906. The SMILES string of the molecule is Cc1ccc(O)c(C(=O)OCC(=O)NNC(=O)c2cccc([N+](=O)[O-])c2)c1. The molecule has 0 heterocycles. The number of non-ortho nitro benzene ring substituents is 1. The van der Waals surface area contributed by atoms with Gasteiger partial charge in [0.25, 0.3) is 17.5 Å². The summed E-state index contributed by atoms with van der Waals surface area (Å²) >= 11 is 0. The summed E-state index contributed by atoms with van der Waals surface area (Å²) in [5, 5.41) is 20.3. The third-order valence-corrected chi connectivity index (χ3v) is 3.34. The Balaban J connectivity index is 1.86. The van der Waals surface area contributed by atoms with E-state index in [1.807, 2.05) is 10.9 Å². The van der Waals surface area contributed by atoms with E-state index in [0.29, 0.717) is 5.56 Å². The Morgan fingerprint density at radius 2 is 1.89 bits per heavy atom. The van der Waals surface area contributed by atoms with Gasteiger partial charge in [-0.3, -0.25) is 30.6 Å². The van der Waals surface area contributed by atoms with Gasteiger partial charge in [-0.05, 0) is 25.1 Å². The quantitative estimate of drug-likeness (QED) is 0.405. The average Bonchev–Trinajstić information content (AvgIpc) is 2.66. The molecule has 0 bridgehead atoms. The van der Waals surface area contributed by atoms with Crippen molar-refractivity contribution in [3.8, 4) is 5.75 Å². The molecule has 0 saturated heterocycles. The number of rotatable bonds is 5. The molecule has 2 aromatic carbocycles. The molecule has 0 aliphatic carbocycles. The molecule has 0 aromatic heterocycles.